The van der Waals surface area contributed by atoms with Crippen molar-refractivity contribution >= 4 is 11.8 Å². The first kappa shape index (κ1) is 15.9. The van der Waals surface area contributed by atoms with Crippen LogP contribution in [0.4, 0.5) is 0 Å². The van der Waals surface area contributed by atoms with Crippen LogP contribution in [-0.2, 0) is 14.3 Å². The Morgan fingerprint density at radius 1 is 1.42 bits per heavy atom. The Kier molecular flexibility index (Phi) is 5.75. The molecular weight excluding hydrogens is 246 g/mol. The lowest BCUT2D eigenvalue weighted by Gasteiger charge is -2.38. The van der Waals surface area contributed by atoms with E-state index in [2.05, 4.69) is 5.32 Å². The molecule has 6 nitrogen and oxygen atoms in total. The maximum absolute atomic E-state index is 12.6. The maximum Gasteiger partial charge on any atom is 0.230 e. The normalized spacial score (nSPS) is 19.6. The van der Waals surface area contributed by atoms with Crippen LogP contribution < -0.4 is 11.1 Å². The lowest BCUT2D eigenvalue weighted by molar-refractivity contribution is -0.146. The number of carbonyl (C=O) groups excluding carboxylic acids is 2. The summed E-state index contributed by atoms with van der Waals surface area (Å²) >= 11 is 0. The Morgan fingerprint density at radius 3 is 2.47 bits per heavy atom. The lowest BCUT2D eigenvalue weighted by atomic mass is 9.79. The Balaban J connectivity index is 2.66. The summed E-state index contributed by atoms with van der Waals surface area (Å²) in [5.41, 5.74) is 5.29. The summed E-state index contributed by atoms with van der Waals surface area (Å²) < 4.78 is 5.30. The fourth-order valence-electron chi connectivity index (χ4n) is 2.50. The molecule has 1 heterocycles. The number of amides is 2. The number of hydrogen-bond donors (Lipinski definition) is 2. The van der Waals surface area contributed by atoms with Gasteiger partial charge in [-0.05, 0) is 12.8 Å². The zero-order chi connectivity index (χ0) is 14.5. The number of rotatable bonds is 5. The molecule has 0 aliphatic carbocycles. The quantitative estimate of drug-likeness (QED) is 0.711. The second kappa shape index (κ2) is 6.86. The molecule has 19 heavy (non-hydrogen) atoms. The molecule has 1 fully saturated rings. The van der Waals surface area contributed by atoms with E-state index in [-0.39, 0.29) is 17.7 Å². The largest absolute Gasteiger partial charge is 0.381 e. The summed E-state index contributed by atoms with van der Waals surface area (Å²) in [5.74, 6) is -0.268. The number of nitrogens with zero attached hydrogens (tertiary/aromatic N) is 1. The highest BCUT2D eigenvalue weighted by atomic mass is 16.5. The van der Waals surface area contributed by atoms with Gasteiger partial charge in [0.15, 0.2) is 0 Å². The minimum absolute atomic E-state index is 0.0223. The molecule has 0 aromatic rings. The SMILES string of the molecule is CNC(=O)C(C)CN(C)C(=O)C1(CN)CCOCC1. The molecule has 0 saturated carbocycles. The van der Waals surface area contributed by atoms with Gasteiger partial charge in [-0.1, -0.05) is 6.92 Å². The van der Waals surface area contributed by atoms with Gasteiger partial charge in [0, 0.05) is 40.4 Å². The van der Waals surface area contributed by atoms with Crippen LogP contribution in [0.25, 0.3) is 0 Å². The van der Waals surface area contributed by atoms with E-state index in [9.17, 15) is 9.59 Å². The molecule has 1 unspecified atom stereocenters. The van der Waals surface area contributed by atoms with Crippen molar-refractivity contribution in [2.45, 2.75) is 19.8 Å². The van der Waals surface area contributed by atoms with Gasteiger partial charge in [-0.25, -0.2) is 0 Å². The summed E-state index contributed by atoms with van der Waals surface area (Å²) in [6.45, 7) is 3.68. The van der Waals surface area contributed by atoms with Gasteiger partial charge in [0.1, 0.15) is 0 Å². The van der Waals surface area contributed by atoms with E-state index in [1.807, 2.05) is 6.92 Å². The molecule has 110 valence electrons. The van der Waals surface area contributed by atoms with E-state index < -0.39 is 5.41 Å². The van der Waals surface area contributed by atoms with Crippen LogP contribution in [-0.4, -0.2) is 57.1 Å². The van der Waals surface area contributed by atoms with E-state index in [0.717, 1.165) is 0 Å². The summed E-state index contributed by atoms with van der Waals surface area (Å²) in [4.78, 5) is 25.7. The molecular formula is C13H25N3O3. The van der Waals surface area contributed by atoms with E-state index in [4.69, 9.17) is 10.5 Å². The van der Waals surface area contributed by atoms with Gasteiger partial charge in [0.2, 0.25) is 11.8 Å². The molecule has 0 radical (unpaired) electrons. The standard InChI is InChI=1S/C13H25N3O3/c1-10(11(17)15-2)8-16(3)12(18)13(9-14)4-6-19-7-5-13/h10H,4-9,14H2,1-3H3,(H,15,17). The van der Waals surface area contributed by atoms with Crippen molar-refractivity contribution in [2.24, 2.45) is 17.1 Å². The first-order valence-corrected chi connectivity index (χ1v) is 6.72. The van der Waals surface area contributed by atoms with Crippen molar-refractivity contribution in [1.29, 1.82) is 0 Å². The highest BCUT2D eigenvalue weighted by Crippen LogP contribution is 2.31. The third-order valence-electron chi connectivity index (χ3n) is 3.88. The van der Waals surface area contributed by atoms with E-state index in [0.29, 0.717) is 39.1 Å². The molecule has 6 heteroatoms. The molecule has 0 aromatic carbocycles. The fraction of sp³-hybridized carbons (Fsp3) is 0.846. The van der Waals surface area contributed by atoms with Crippen LogP contribution in [0.15, 0.2) is 0 Å². The molecule has 1 rings (SSSR count). The monoisotopic (exact) mass is 271 g/mol. The van der Waals surface area contributed by atoms with Crippen molar-refractivity contribution < 1.29 is 14.3 Å². The van der Waals surface area contributed by atoms with Gasteiger partial charge < -0.3 is 20.7 Å². The van der Waals surface area contributed by atoms with E-state index >= 15 is 0 Å². The minimum atomic E-state index is -0.518. The Hall–Kier alpha value is -1.14. The predicted molar refractivity (Wildman–Crippen MR) is 72.4 cm³/mol. The molecule has 0 aromatic heterocycles. The molecule has 3 N–H and O–H groups in total. The second-order valence-corrected chi connectivity index (χ2v) is 5.30. The molecule has 1 aliphatic heterocycles. The highest BCUT2D eigenvalue weighted by molar-refractivity contribution is 5.84. The average Bonchev–Trinajstić information content (AvgIpc) is 2.45. The first-order valence-electron chi connectivity index (χ1n) is 6.72. The van der Waals surface area contributed by atoms with Crippen LogP contribution in [0.1, 0.15) is 19.8 Å². The molecule has 2 amide bonds. The van der Waals surface area contributed by atoms with Gasteiger partial charge in [-0.2, -0.15) is 0 Å². The smallest absolute Gasteiger partial charge is 0.230 e. The van der Waals surface area contributed by atoms with Crippen molar-refractivity contribution in [3.05, 3.63) is 0 Å². The Bertz CT molecular complexity index is 327. The number of nitrogens with one attached hydrogen (secondary N) is 1. The summed E-state index contributed by atoms with van der Waals surface area (Å²) in [6.07, 6.45) is 1.31. The molecule has 0 spiro atoms. The first-order chi connectivity index (χ1) is 8.96. The van der Waals surface area contributed by atoms with Crippen molar-refractivity contribution in [3.8, 4) is 0 Å². The molecule has 0 bridgehead atoms. The average molecular weight is 271 g/mol. The number of ether oxygens (including phenoxy) is 1. The molecule has 1 aliphatic rings. The number of nitrogens with two attached hydrogens (primary N) is 1. The minimum Gasteiger partial charge on any atom is -0.381 e. The van der Waals surface area contributed by atoms with E-state index in [1.165, 1.54) is 0 Å². The number of hydrogen-bond acceptors (Lipinski definition) is 4. The van der Waals surface area contributed by atoms with Gasteiger partial charge in [0.05, 0.1) is 11.3 Å². The van der Waals surface area contributed by atoms with Crippen LogP contribution in [0, 0.1) is 11.3 Å². The number of carbonyl (C=O) groups is 2. The highest BCUT2D eigenvalue weighted by Gasteiger charge is 2.40. The van der Waals surface area contributed by atoms with Crippen LogP contribution in [0.2, 0.25) is 0 Å². The fourth-order valence-corrected chi connectivity index (χ4v) is 2.50. The Labute approximate surface area is 114 Å². The third-order valence-corrected chi connectivity index (χ3v) is 3.88. The van der Waals surface area contributed by atoms with Crippen LogP contribution in [0.5, 0.6) is 0 Å². The second-order valence-electron chi connectivity index (χ2n) is 5.30. The lowest BCUT2D eigenvalue weighted by Crippen LogP contribution is -2.51. The van der Waals surface area contributed by atoms with Gasteiger partial charge >= 0.3 is 0 Å². The van der Waals surface area contributed by atoms with Crippen molar-refractivity contribution in [1.82, 2.24) is 10.2 Å². The molecule has 1 atom stereocenters. The van der Waals surface area contributed by atoms with Crippen molar-refractivity contribution in [2.75, 3.05) is 40.4 Å². The summed E-state index contributed by atoms with van der Waals surface area (Å²) in [5, 5.41) is 2.59. The van der Waals surface area contributed by atoms with Crippen LogP contribution >= 0.6 is 0 Å². The third kappa shape index (κ3) is 3.67. The van der Waals surface area contributed by atoms with Crippen molar-refractivity contribution in [3.63, 3.8) is 0 Å². The topological polar surface area (TPSA) is 84.7 Å². The summed E-state index contributed by atoms with van der Waals surface area (Å²) in [6, 6.07) is 0. The van der Waals surface area contributed by atoms with Gasteiger partial charge in [-0.3, -0.25) is 9.59 Å². The maximum atomic E-state index is 12.6. The van der Waals surface area contributed by atoms with Gasteiger partial charge in [0.25, 0.3) is 0 Å². The van der Waals surface area contributed by atoms with Gasteiger partial charge in [-0.15, -0.1) is 0 Å². The summed E-state index contributed by atoms with van der Waals surface area (Å²) in [7, 11) is 3.33. The van der Waals surface area contributed by atoms with E-state index in [1.54, 1.807) is 19.0 Å². The zero-order valence-corrected chi connectivity index (χ0v) is 12.1. The predicted octanol–water partition coefficient (Wildman–Crippen LogP) is -0.418. The molecule has 1 saturated heterocycles. The Morgan fingerprint density at radius 2 is 2.00 bits per heavy atom. The zero-order valence-electron chi connectivity index (χ0n) is 12.1. The van der Waals surface area contributed by atoms with Crippen LogP contribution in [0.3, 0.4) is 0 Å².